The van der Waals surface area contributed by atoms with Gasteiger partial charge in [-0.2, -0.15) is 0 Å². The molecule has 1 heterocycles. The van der Waals surface area contributed by atoms with Crippen molar-refractivity contribution in [3.8, 4) is 0 Å². The summed E-state index contributed by atoms with van der Waals surface area (Å²) in [4.78, 5) is 29.6. The minimum Gasteiger partial charge on any atom is -0.285 e. The van der Waals surface area contributed by atoms with Gasteiger partial charge in [0.2, 0.25) is 5.78 Å². The largest absolute Gasteiger partial charge is 0.285 e. The Morgan fingerprint density at radius 3 is 2.58 bits per heavy atom. The van der Waals surface area contributed by atoms with Crippen molar-refractivity contribution < 1.29 is 9.59 Å². The van der Waals surface area contributed by atoms with E-state index in [4.69, 9.17) is 0 Å². The monoisotopic (exact) mass is 160 g/mol. The molecule has 0 saturated carbocycles. The summed E-state index contributed by atoms with van der Waals surface area (Å²) in [7, 11) is 0. The summed E-state index contributed by atoms with van der Waals surface area (Å²) in [6, 6.07) is 0. The van der Waals surface area contributed by atoms with Crippen LogP contribution in [0.3, 0.4) is 0 Å². The third-order valence-electron chi connectivity index (χ3n) is 1.56. The van der Waals surface area contributed by atoms with Gasteiger partial charge in [0.1, 0.15) is 5.69 Å². The fourth-order valence-electron chi connectivity index (χ4n) is 0.993. The van der Waals surface area contributed by atoms with E-state index < -0.39 is 11.6 Å². The first-order valence-corrected chi connectivity index (χ1v) is 3.37. The maximum absolute atomic E-state index is 11.1. The average molecular weight is 160 g/mol. The van der Waals surface area contributed by atoms with Crippen molar-refractivity contribution in [2.45, 2.75) is 0 Å². The van der Waals surface area contributed by atoms with Crippen molar-refractivity contribution in [3.63, 3.8) is 0 Å². The van der Waals surface area contributed by atoms with Crippen LogP contribution in [0.2, 0.25) is 0 Å². The molecule has 2 rings (SSSR count). The van der Waals surface area contributed by atoms with Crippen molar-refractivity contribution in [3.05, 3.63) is 29.9 Å². The van der Waals surface area contributed by atoms with Crippen LogP contribution in [-0.4, -0.2) is 21.5 Å². The number of rotatable bonds is 0. The van der Waals surface area contributed by atoms with Crippen LogP contribution in [0.25, 0.3) is 6.08 Å². The molecule has 0 N–H and O–H groups in total. The van der Waals surface area contributed by atoms with Gasteiger partial charge in [0.25, 0.3) is 5.78 Å². The number of allylic oxidation sites excluding steroid dienone is 1. The van der Waals surface area contributed by atoms with E-state index in [0.29, 0.717) is 5.69 Å². The number of carbonyl (C=O) groups is 2. The molecule has 4 nitrogen and oxygen atoms in total. The second-order valence-electron chi connectivity index (χ2n) is 2.32. The summed E-state index contributed by atoms with van der Waals surface area (Å²) in [5.74, 6) is -1.12. The van der Waals surface area contributed by atoms with Crippen LogP contribution in [0.15, 0.2) is 18.5 Å². The predicted octanol–water partition coefficient (Wildman–Crippen LogP) is 0.255. The lowest BCUT2D eigenvalue weighted by Crippen LogP contribution is -2.18. The van der Waals surface area contributed by atoms with Crippen LogP contribution < -0.4 is 0 Å². The fourth-order valence-corrected chi connectivity index (χ4v) is 0.993. The Kier molecular flexibility index (Phi) is 1.33. The summed E-state index contributed by atoms with van der Waals surface area (Å²) < 4.78 is 0. The highest BCUT2D eigenvalue weighted by atomic mass is 16.2. The smallest absolute Gasteiger partial charge is 0.253 e. The topological polar surface area (TPSA) is 59.9 Å². The van der Waals surface area contributed by atoms with Crippen molar-refractivity contribution in [1.29, 1.82) is 0 Å². The second kappa shape index (κ2) is 2.34. The van der Waals surface area contributed by atoms with Crippen molar-refractivity contribution in [1.82, 2.24) is 9.97 Å². The number of fused-ring (bicyclic) bond motifs is 1. The van der Waals surface area contributed by atoms with E-state index in [2.05, 4.69) is 9.97 Å². The van der Waals surface area contributed by atoms with E-state index >= 15 is 0 Å². The molecule has 0 aliphatic heterocycles. The SMILES string of the molecule is O=C1C=Cc2nccnc2C1=O. The Bertz CT molecular complexity index is 396. The number of carbonyl (C=O) groups excluding carboxylic acids is 2. The summed E-state index contributed by atoms with van der Waals surface area (Å²) in [5.41, 5.74) is 0.604. The molecule has 0 atom stereocenters. The van der Waals surface area contributed by atoms with E-state index in [1.165, 1.54) is 24.5 Å². The lowest BCUT2D eigenvalue weighted by atomic mass is 10.1. The fraction of sp³-hybridized carbons (Fsp3) is 0. The van der Waals surface area contributed by atoms with Crippen LogP contribution in [0.4, 0.5) is 0 Å². The van der Waals surface area contributed by atoms with E-state index in [9.17, 15) is 9.59 Å². The number of hydrogen-bond donors (Lipinski definition) is 0. The van der Waals surface area contributed by atoms with Crippen molar-refractivity contribution >= 4 is 17.6 Å². The van der Waals surface area contributed by atoms with Gasteiger partial charge in [-0.1, -0.05) is 0 Å². The number of nitrogens with zero attached hydrogens (tertiary/aromatic N) is 2. The molecular weight excluding hydrogens is 156 g/mol. The average Bonchev–Trinajstić information content (AvgIpc) is 2.12. The van der Waals surface area contributed by atoms with Crippen LogP contribution >= 0.6 is 0 Å². The highest BCUT2D eigenvalue weighted by Gasteiger charge is 2.22. The molecule has 1 aromatic heterocycles. The lowest BCUT2D eigenvalue weighted by molar-refractivity contribution is -0.111. The molecule has 58 valence electrons. The summed E-state index contributed by atoms with van der Waals surface area (Å²) in [5, 5.41) is 0. The van der Waals surface area contributed by atoms with E-state index in [-0.39, 0.29) is 5.69 Å². The van der Waals surface area contributed by atoms with Crippen molar-refractivity contribution in [2.24, 2.45) is 0 Å². The van der Waals surface area contributed by atoms with Gasteiger partial charge in [-0.15, -0.1) is 0 Å². The van der Waals surface area contributed by atoms with Gasteiger partial charge in [0.15, 0.2) is 0 Å². The van der Waals surface area contributed by atoms with Crippen LogP contribution in [-0.2, 0) is 4.79 Å². The van der Waals surface area contributed by atoms with Crippen molar-refractivity contribution in [2.75, 3.05) is 0 Å². The molecule has 4 heteroatoms. The zero-order valence-electron chi connectivity index (χ0n) is 6.02. The zero-order valence-corrected chi connectivity index (χ0v) is 6.02. The van der Waals surface area contributed by atoms with E-state index in [1.54, 1.807) is 0 Å². The first-order chi connectivity index (χ1) is 5.79. The Morgan fingerprint density at radius 1 is 1.00 bits per heavy atom. The molecule has 1 aromatic rings. The highest BCUT2D eigenvalue weighted by molar-refractivity contribution is 6.49. The van der Waals surface area contributed by atoms with Crippen LogP contribution in [0, 0.1) is 0 Å². The van der Waals surface area contributed by atoms with Gasteiger partial charge in [0, 0.05) is 12.4 Å². The van der Waals surface area contributed by atoms with Crippen LogP contribution in [0.5, 0.6) is 0 Å². The number of ketones is 2. The lowest BCUT2D eigenvalue weighted by Gasteiger charge is -2.03. The van der Waals surface area contributed by atoms with Gasteiger partial charge in [0.05, 0.1) is 5.69 Å². The van der Waals surface area contributed by atoms with Gasteiger partial charge < -0.3 is 0 Å². The second-order valence-corrected chi connectivity index (χ2v) is 2.32. The predicted molar refractivity (Wildman–Crippen MR) is 40.4 cm³/mol. The molecule has 0 spiro atoms. The third kappa shape index (κ3) is 0.852. The maximum atomic E-state index is 11.1. The quantitative estimate of drug-likeness (QED) is 0.510. The Balaban J connectivity index is 2.67. The number of aromatic nitrogens is 2. The maximum Gasteiger partial charge on any atom is 0.253 e. The van der Waals surface area contributed by atoms with Gasteiger partial charge >= 0.3 is 0 Å². The molecule has 0 aromatic carbocycles. The van der Waals surface area contributed by atoms with Gasteiger partial charge in [-0.05, 0) is 12.2 Å². The normalized spacial score (nSPS) is 14.7. The number of hydrogen-bond acceptors (Lipinski definition) is 4. The van der Waals surface area contributed by atoms with E-state index in [0.717, 1.165) is 0 Å². The Labute approximate surface area is 68.0 Å². The third-order valence-corrected chi connectivity index (χ3v) is 1.56. The van der Waals surface area contributed by atoms with Gasteiger partial charge in [-0.3, -0.25) is 14.6 Å². The molecule has 12 heavy (non-hydrogen) atoms. The molecule has 1 aliphatic rings. The molecule has 0 amide bonds. The van der Waals surface area contributed by atoms with Gasteiger partial charge in [-0.25, -0.2) is 4.98 Å². The summed E-state index contributed by atoms with van der Waals surface area (Å²) in [6.45, 7) is 0. The Morgan fingerprint density at radius 2 is 1.75 bits per heavy atom. The standard InChI is InChI=1S/C8H4N2O2/c11-6-2-1-5-7(8(6)12)10-4-3-9-5/h1-4H. The molecule has 0 fully saturated rings. The highest BCUT2D eigenvalue weighted by Crippen LogP contribution is 2.10. The van der Waals surface area contributed by atoms with E-state index in [1.807, 2.05) is 0 Å². The Hall–Kier alpha value is -1.84. The molecule has 0 bridgehead atoms. The molecule has 0 saturated heterocycles. The van der Waals surface area contributed by atoms with Crippen LogP contribution in [0.1, 0.15) is 16.2 Å². The minimum atomic E-state index is -0.583. The summed E-state index contributed by atoms with van der Waals surface area (Å²) in [6.07, 6.45) is 5.57. The minimum absolute atomic E-state index is 0.144. The molecule has 0 unspecified atom stereocenters. The molecule has 0 radical (unpaired) electrons. The first-order valence-electron chi connectivity index (χ1n) is 3.37. The number of Topliss-reactive ketones (excluding diaryl/α,β-unsaturated/α-hetero) is 1. The first kappa shape index (κ1) is 6.84. The molecule has 1 aliphatic carbocycles. The zero-order chi connectivity index (χ0) is 8.55. The summed E-state index contributed by atoms with van der Waals surface area (Å²) >= 11 is 0. The molecular formula is C8H4N2O2.